The molecule has 0 aromatic heterocycles. The minimum atomic E-state index is 0.450. The van der Waals surface area contributed by atoms with Crippen molar-refractivity contribution in [1.82, 2.24) is 0 Å². The van der Waals surface area contributed by atoms with Gasteiger partial charge in [-0.1, -0.05) is 12.1 Å². The van der Waals surface area contributed by atoms with Crippen LogP contribution in [-0.4, -0.2) is 12.6 Å². The van der Waals surface area contributed by atoms with Crippen LogP contribution in [-0.2, 0) is 0 Å². The molecule has 1 N–H and O–H groups in total. The van der Waals surface area contributed by atoms with Crippen molar-refractivity contribution in [3.63, 3.8) is 0 Å². The Morgan fingerprint density at radius 3 is 1.78 bits per heavy atom. The summed E-state index contributed by atoms with van der Waals surface area (Å²) in [5, 5.41) is 3.15. The van der Waals surface area contributed by atoms with E-state index in [1.807, 2.05) is 12.1 Å². The van der Waals surface area contributed by atoms with Crippen LogP contribution < -0.4 is 10.1 Å². The lowest BCUT2D eigenvalue weighted by atomic mass is 10.1. The van der Waals surface area contributed by atoms with Gasteiger partial charge in [0, 0.05) is 0 Å². The lowest BCUT2D eigenvalue weighted by Crippen LogP contribution is -2.06. The second-order valence-electron chi connectivity index (χ2n) is 3.91. The van der Waals surface area contributed by atoms with E-state index < -0.39 is 0 Å². The van der Waals surface area contributed by atoms with Crippen molar-refractivity contribution >= 4 is 23.9 Å². The summed E-state index contributed by atoms with van der Waals surface area (Å²) in [5.74, 6) is 0.906. The molecule has 18 heavy (non-hydrogen) atoms. The molecule has 0 aliphatic carbocycles. The van der Waals surface area contributed by atoms with Crippen molar-refractivity contribution in [2.24, 2.45) is 0 Å². The molecule has 1 aliphatic rings. The second-order valence-corrected chi connectivity index (χ2v) is 3.91. The summed E-state index contributed by atoms with van der Waals surface area (Å²) >= 11 is 0. The van der Waals surface area contributed by atoms with Gasteiger partial charge in [-0.3, -0.25) is 9.59 Å². The first-order chi connectivity index (χ1) is 8.83. The van der Waals surface area contributed by atoms with Gasteiger partial charge in [0.1, 0.15) is 0 Å². The first kappa shape index (κ1) is 10.5. The average Bonchev–Trinajstić information content (AvgIpc) is 2.43. The fraction of sp³-hybridized carbons (Fsp3) is 0. The van der Waals surface area contributed by atoms with Gasteiger partial charge in [-0.15, -0.1) is 0 Å². The third kappa shape index (κ3) is 1.47. The molecule has 0 bridgehead atoms. The topological polar surface area (TPSA) is 55.4 Å². The molecule has 2 aromatic rings. The Morgan fingerprint density at radius 1 is 0.833 bits per heavy atom. The van der Waals surface area contributed by atoms with Gasteiger partial charge in [0.25, 0.3) is 0 Å². The minimum Gasteiger partial charge on any atom is -0.451 e. The largest absolute Gasteiger partial charge is 0.451 e. The number of ether oxygens (including phenoxy) is 1. The van der Waals surface area contributed by atoms with Crippen LogP contribution in [0.15, 0.2) is 36.4 Å². The number of hydrogen-bond donors (Lipinski definition) is 1. The van der Waals surface area contributed by atoms with Gasteiger partial charge in [-0.2, -0.15) is 0 Å². The van der Waals surface area contributed by atoms with Crippen LogP contribution >= 0.6 is 0 Å². The summed E-state index contributed by atoms with van der Waals surface area (Å²) in [7, 11) is 0. The van der Waals surface area contributed by atoms with Crippen molar-refractivity contribution in [3.05, 3.63) is 47.5 Å². The smallest absolute Gasteiger partial charge is 0.161 e. The molecule has 1 heterocycles. The number of fused-ring (bicyclic) bond motifs is 2. The molecule has 0 fully saturated rings. The van der Waals surface area contributed by atoms with Crippen LogP contribution in [0.2, 0.25) is 0 Å². The number of carbonyl (C=O) groups is 2. The molecule has 0 amide bonds. The molecule has 88 valence electrons. The van der Waals surface area contributed by atoms with E-state index in [0.29, 0.717) is 22.6 Å². The molecular formula is C14H9NO3. The van der Waals surface area contributed by atoms with Crippen molar-refractivity contribution in [1.29, 1.82) is 0 Å². The Morgan fingerprint density at radius 2 is 1.33 bits per heavy atom. The lowest BCUT2D eigenvalue weighted by Gasteiger charge is -2.23. The molecular weight excluding hydrogens is 230 g/mol. The fourth-order valence-electron chi connectivity index (χ4n) is 1.97. The van der Waals surface area contributed by atoms with E-state index in [-0.39, 0.29) is 0 Å². The van der Waals surface area contributed by atoms with Gasteiger partial charge in [-0.05, 0) is 24.3 Å². The zero-order valence-electron chi connectivity index (χ0n) is 9.34. The summed E-state index contributed by atoms with van der Waals surface area (Å²) in [4.78, 5) is 21.9. The summed E-state index contributed by atoms with van der Waals surface area (Å²) < 4.78 is 5.70. The van der Waals surface area contributed by atoms with Crippen LogP contribution in [0.4, 0.5) is 11.4 Å². The summed E-state index contributed by atoms with van der Waals surface area (Å²) in [5.41, 5.74) is 2.34. The molecule has 0 spiro atoms. The Kier molecular flexibility index (Phi) is 2.34. The van der Waals surface area contributed by atoms with Crippen LogP contribution in [0.3, 0.4) is 0 Å². The van der Waals surface area contributed by atoms with Crippen molar-refractivity contribution in [2.75, 3.05) is 5.32 Å². The molecule has 4 heteroatoms. The van der Waals surface area contributed by atoms with Crippen molar-refractivity contribution in [2.45, 2.75) is 0 Å². The maximum Gasteiger partial charge on any atom is 0.161 e. The highest BCUT2D eigenvalue weighted by atomic mass is 16.5. The first-order valence-corrected chi connectivity index (χ1v) is 5.45. The lowest BCUT2D eigenvalue weighted by molar-refractivity contribution is 0.111. The second kappa shape index (κ2) is 4.00. The van der Waals surface area contributed by atoms with Crippen molar-refractivity contribution < 1.29 is 14.3 Å². The van der Waals surface area contributed by atoms with E-state index in [4.69, 9.17) is 4.74 Å². The Bertz CT molecular complexity index is 594. The molecule has 2 aromatic carbocycles. The molecule has 0 atom stereocenters. The molecule has 0 saturated heterocycles. The number of aldehydes is 2. The van der Waals surface area contributed by atoms with E-state index in [1.54, 1.807) is 24.3 Å². The minimum absolute atomic E-state index is 0.450. The molecule has 0 saturated carbocycles. The number of benzene rings is 2. The van der Waals surface area contributed by atoms with Crippen LogP contribution in [0.25, 0.3) is 0 Å². The van der Waals surface area contributed by atoms with E-state index in [0.717, 1.165) is 23.9 Å². The molecule has 0 radical (unpaired) electrons. The van der Waals surface area contributed by atoms with Gasteiger partial charge >= 0.3 is 0 Å². The number of rotatable bonds is 2. The van der Waals surface area contributed by atoms with Gasteiger partial charge in [0.05, 0.1) is 22.5 Å². The monoisotopic (exact) mass is 239 g/mol. The van der Waals surface area contributed by atoms with E-state index in [2.05, 4.69) is 5.32 Å². The van der Waals surface area contributed by atoms with E-state index in [1.165, 1.54) is 0 Å². The summed E-state index contributed by atoms with van der Waals surface area (Å²) in [6, 6.07) is 10.5. The van der Waals surface area contributed by atoms with E-state index in [9.17, 15) is 9.59 Å². The molecule has 0 unspecified atom stereocenters. The number of anilines is 2. The van der Waals surface area contributed by atoms with Crippen LogP contribution in [0, 0.1) is 0 Å². The normalized spacial score (nSPS) is 11.6. The Labute approximate surface area is 103 Å². The van der Waals surface area contributed by atoms with Crippen LogP contribution in [0.5, 0.6) is 11.5 Å². The third-order valence-electron chi connectivity index (χ3n) is 2.82. The highest BCUT2D eigenvalue weighted by Gasteiger charge is 2.21. The quantitative estimate of drug-likeness (QED) is 0.698. The fourth-order valence-corrected chi connectivity index (χ4v) is 1.97. The van der Waals surface area contributed by atoms with Gasteiger partial charge in [0.15, 0.2) is 24.1 Å². The zero-order chi connectivity index (χ0) is 12.5. The van der Waals surface area contributed by atoms with Gasteiger partial charge < -0.3 is 10.1 Å². The maximum absolute atomic E-state index is 11.0. The Hall–Kier alpha value is -2.62. The first-order valence-electron chi connectivity index (χ1n) is 5.45. The highest BCUT2D eigenvalue weighted by Crippen LogP contribution is 2.44. The standard InChI is InChI=1S/C14H9NO3/c16-7-9-3-1-5-11-13(9)18-14-10(8-17)4-2-6-12(14)15-11/h1-8,15H. The zero-order valence-corrected chi connectivity index (χ0v) is 9.34. The number of para-hydroxylation sites is 2. The Balaban J connectivity index is 2.18. The number of hydrogen-bond acceptors (Lipinski definition) is 4. The van der Waals surface area contributed by atoms with E-state index >= 15 is 0 Å². The van der Waals surface area contributed by atoms with Gasteiger partial charge in [-0.25, -0.2) is 0 Å². The SMILES string of the molecule is O=Cc1cccc2c1Oc1c(C=O)cccc1N2. The maximum atomic E-state index is 11.0. The van der Waals surface area contributed by atoms with Crippen LogP contribution in [0.1, 0.15) is 20.7 Å². The molecule has 3 rings (SSSR count). The van der Waals surface area contributed by atoms with Gasteiger partial charge in [0.2, 0.25) is 0 Å². The molecule has 4 nitrogen and oxygen atoms in total. The predicted molar refractivity (Wildman–Crippen MR) is 67.0 cm³/mol. The number of carbonyl (C=O) groups excluding carboxylic acids is 2. The summed E-state index contributed by atoms with van der Waals surface area (Å²) in [6.07, 6.45) is 1.46. The van der Waals surface area contributed by atoms with Crippen molar-refractivity contribution in [3.8, 4) is 11.5 Å². The summed E-state index contributed by atoms with van der Waals surface area (Å²) in [6.45, 7) is 0. The highest BCUT2D eigenvalue weighted by molar-refractivity contribution is 5.91. The molecule has 1 aliphatic heterocycles. The number of nitrogens with one attached hydrogen (secondary N) is 1. The predicted octanol–water partition coefficient (Wildman–Crippen LogP) is 3.16. The average molecular weight is 239 g/mol. The third-order valence-corrected chi connectivity index (χ3v) is 2.82.